The maximum atomic E-state index is 12.9. The molecule has 0 N–H and O–H groups in total. The van der Waals surface area contributed by atoms with E-state index in [1.54, 1.807) is 27.7 Å². The summed E-state index contributed by atoms with van der Waals surface area (Å²) < 4.78 is 6.65. The molecule has 0 spiro atoms. The lowest BCUT2D eigenvalue weighted by molar-refractivity contribution is -0.151. The minimum absolute atomic E-state index is 0.214. The Morgan fingerprint density at radius 3 is 2.52 bits per heavy atom. The van der Waals surface area contributed by atoms with Gasteiger partial charge in [-0.25, -0.2) is 9.78 Å². The van der Waals surface area contributed by atoms with Crippen molar-refractivity contribution in [3.05, 3.63) is 52.6 Å². The van der Waals surface area contributed by atoms with Crippen LogP contribution in [-0.2, 0) is 9.53 Å². The molecule has 1 atom stereocenters. The van der Waals surface area contributed by atoms with E-state index in [1.165, 1.54) is 15.9 Å². The predicted molar refractivity (Wildman–Crippen MR) is 100.0 cm³/mol. The first kappa shape index (κ1) is 17.4. The standard InChI is InChI=1S/C19H20N2O3S/c1-11(2)24-19(23)12(3)21-13(4)20-17-15(18(21)22)10-16(25-17)14-8-6-5-7-9-14/h5-12H,1-4H3. The molecule has 0 saturated carbocycles. The third-order valence-electron chi connectivity index (χ3n) is 3.91. The number of aromatic nitrogens is 2. The van der Waals surface area contributed by atoms with Crippen LogP contribution in [0.15, 0.2) is 41.2 Å². The highest BCUT2D eigenvalue weighted by Crippen LogP contribution is 2.31. The maximum Gasteiger partial charge on any atom is 0.329 e. The highest BCUT2D eigenvalue weighted by Gasteiger charge is 2.23. The van der Waals surface area contributed by atoms with Gasteiger partial charge in [-0.05, 0) is 39.3 Å². The fourth-order valence-corrected chi connectivity index (χ4v) is 3.81. The molecule has 0 fully saturated rings. The molecule has 3 rings (SSSR count). The minimum atomic E-state index is -0.716. The normalized spacial score (nSPS) is 12.5. The molecule has 3 aromatic rings. The summed E-state index contributed by atoms with van der Waals surface area (Å²) in [5, 5.41) is 0.527. The van der Waals surface area contributed by atoms with Crippen LogP contribution in [0.25, 0.3) is 20.7 Å². The monoisotopic (exact) mass is 356 g/mol. The number of hydrogen-bond acceptors (Lipinski definition) is 5. The van der Waals surface area contributed by atoms with Gasteiger partial charge in [-0.1, -0.05) is 30.3 Å². The van der Waals surface area contributed by atoms with Crippen molar-refractivity contribution in [1.82, 2.24) is 9.55 Å². The Morgan fingerprint density at radius 1 is 1.20 bits per heavy atom. The summed E-state index contributed by atoms with van der Waals surface area (Å²) in [6.07, 6.45) is -0.228. The fourth-order valence-electron chi connectivity index (χ4n) is 2.73. The first-order valence-electron chi connectivity index (χ1n) is 8.17. The highest BCUT2D eigenvalue weighted by atomic mass is 32.1. The Morgan fingerprint density at radius 2 is 1.88 bits per heavy atom. The average Bonchev–Trinajstić information content (AvgIpc) is 2.99. The zero-order valence-electron chi connectivity index (χ0n) is 14.6. The molecule has 25 heavy (non-hydrogen) atoms. The van der Waals surface area contributed by atoms with Crippen LogP contribution in [0.2, 0.25) is 0 Å². The van der Waals surface area contributed by atoms with Gasteiger partial charge in [-0.15, -0.1) is 11.3 Å². The number of carbonyl (C=O) groups is 1. The molecule has 0 aliphatic carbocycles. The maximum absolute atomic E-state index is 12.9. The van der Waals surface area contributed by atoms with Gasteiger partial charge in [0.05, 0.1) is 11.5 Å². The number of fused-ring (bicyclic) bond motifs is 1. The van der Waals surface area contributed by atoms with Crippen molar-refractivity contribution in [3.63, 3.8) is 0 Å². The quantitative estimate of drug-likeness (QED) is 0.664. The van der Waals surface area contributed by atoms with Crippen LogP contribution in [0.4, 0.5) is 0 Å². The third-order valence-corrected chi connectivity index (χ3v) is 4.99. The lowest BCUT2D eigenvalue weighted by Crippen LogP contribution is -2.32. The van der Waals surface area contributed by atoms with Gasteiger partial charge in [0.25, 0.3) is 5.56 Å². The highest BCUT2D eigenvalue weighted by molar-refractivity contribution is 7.21. The first-order valence-corrected chi connectivity index (χ1v) is 8.98. The third kappa shape index (κ3) is 3.35. The van der Waals surface area contributed by atoms with Gasteiger partial charge in [0.1, 0.15) is 16.7 Å². The Labute approximate surface area is 149 Å². The Kier molecular flexibility index (Phi) is 4.72. The van der Waals surface area contributed by atoms with E-state index in [1.807, 2.05) is 36.4 Å². The number of benzene rings is 1. The largest absolute Gasteiger partial charge is 0.461 e. The van der Waals surface area contributed by atoms with Crippen LogP contribution < -0.4 is 5.56 Å². The number of esters is 1. The first-order chi connectivity index (χ1) is 11.9. The van der Waals surface area contributed by atoms with Crippen LogP contribution in [0.3, 0.4) is 0 Å². The Hall–Kier alpha value is -2.47. The molecule has 2 heterocycles. The number of thiophene rings is 1. The van der Waals surface area contributed by atoms with Crippen LogP contribution in [-0.4, -0.2) is 21.6 Å². The van der Waals surface area contributed by atoms with E-state index in [9.17, 15) is 9.59 Å². The minimum Gasteiger partial charge on any atom is -0.461 e. The molecule has 5 nitrogen and oxygen atoms in total. The smallest absolute Gasteiger partial charge is 0.329 e. The SMILES string of the molecule is Cc1nc2sc(-c3ccccc3)cc2c(=O)n1C(C)C(=O)OC(C)C. The second kappa shape index (κ2) is 6.80. The molecule has 0 saturated heterocycles. The lowest BCUT2D eigenvalue weighted by Gasteiger charge is -2.18. The second-order valence-corrected chi connectivity index (χ2v) is 7.22. The molecule has 130 valence electrons. The molecule has 2 aromatic heterocycles. The topological polar surface area (TPSA) is 61.2 Å². The van der Waals surface area contributed by atoms with Gasteiger partial charge >= 0.3 is 5.97 Å². The zero-order chi connectivity index (χ0) is 18.1. The van der Waals surface area contributed by atoms with E-state index in [0.29, 0.717) is 16.0 Å². The summed E-state index contributed by atoms with van der Waals surface area (Å²) in [6, 6.07) is 11.0. The molecule has 6 heteroatoms. The van der Waals surface area contributed by atoms with Crippen molar-refractivity contribution in [1.29, 1.82) is 0 Å². The number of hydrogen-bond donors (Lipinski definition) is 0. The van der Waals surface area contributed by atoms with Crippen molar-refractivity contribution in [2.24, 2.45) is 0 Å². The molecule has 0 aliphatic rings. The predicted octanol–water partition coefficient (Wildman–Crippen LogP) is 3.95. The number of ether oxygens (including phenoxy) is 1. The van der Waals surface area contributed by atoms with Gasteiger partial charge in [0, 0.05) is 4.88 Å². The number of carbonyl (C=O) groups excluding carboxylic acids is 1. The van der Waals surface area contributed by atoms with Crippen molar-refractivity contribution >= 4 is 27.5 Å². The summed E-state index contributed by atoms with van der Waals surface area (Å²) >= 11 is 1.48. The van der Waals surface area contributed by atoms with E-state index in [4.69, 9.17) is 4.74 Å². The van der Waals surface area contributed by atoms with Crippen LogP contribution in [0, 0.1) is 6.92 Å². The molecule has 0 amide bonds. The zero-order valence-corrected chi connectivity index (χ0v) is 15.5. The summed E-state index contributed by atoms with van der Waals surface area (Å²) in [5.41, 5.74) is 0.829. The Bertz CT molecular complexity index is 973. The average molecular weight is 356 g/mol. The summed E-state index contributed by atoms with van der Waals surface area (Å²) in [5.74, 6) is 0.0760. The van der Waals surface area contributed by atoms with Crippen molar-refractivity contribution in [2.75, 3.05) is 0 Å². The van der Waals surface area contributed by atoms with E-state index in [-0.39, 0.29) is 11.7 Å². The van der Waals surface area contributed by atoms with Crippen LogP contribution in [0.1, 0.15) is 32.6 Å². The molecule has 0 bridgehead atoms. The Balaban J connectivity index is 2.10. The van der Waals surface area contributed by atoms with E-state index >= 15 is 0 Å². The van der Waals surface area contributed by atoms with Crippen molar-refractivity contribution in [2.45, 2.75) is 39.8 Å². The van der Waals surface area contributed by atoms with E-state index in [2.05, 4.69) is 4.98 Å². The van der Waals surface area contributed by atoms with Gasteiger partial charge in [0.2, 0.25) is 0 Å². The molecular weight excluding hydrogens is 336 g/mol. The van der Waals surface area contributed by atoms with Crippen LogP contribution in [0.5, 0.6) is 0 Å². The van der Waals surface area contributed by atoms with E-state index in [0.717, 1.165) is 10.4 Å². The number of aryl methyl sites for hydroxylation is 1. The van der Waals surface area contributed by atoms with Gasteiger partial charge < -0.3 is 4.74 Å². The lowest BCUT2D eigenvalue weighted by atomic mass is 10.2. The molecule has 0 aliphatic heterocycles. The summed E-state index contributed by atoms with van der Waals surface area (Å²) in [6.45, 7) is 6.97. The van der Waals surface area contributed by atoms with E-state index < -0.39 is 12.0 Å². The van der Waals surface area contributed by atoms with Crippen LogP contribution >= 0.6 is 11.3 Å². The van der Waals surface area contributed by atoms with Gasteiger partial charge in [-0.3, -0.25) is 9.36 Å². The molecular formula is C19H20N2O3S. The number of rotatable bonds is 4. The summed E-state index contributed by atoms with van der Waals surface area (Å²) in [7, 11) is 0. The summed E-state index contributed by atoms with van der Waals surface area (Å²) in [4.78, 5) is 31.4. The fraction of sp³-hybridized carbons (Fsp3) is 0.316. The van der Waals surface area contributed by atoms with Crippen molar-refractivity contribution < 1.29 is 9.53 Å². The second-order valence-electron chi connectivity index (χ2n) is 6.19. The molecule has 0 radical (unpaired) electrons. The van der Waals surface area contributed by atoms with Gasteiger partial charge in [0.15, 0.2) is 0 Å². The van der Waals surface area contributed by atoms with Crippen molar-refractivity contribution in [3.8, 4) is 10.4 Å². The number of nitrogens with zero attached hydrogens (tertiary/aromatic N) is 2. The molecule has 1 unspecified atom stereocenters. The molecule has 1 aromatic carbocycles. The van der Waals surface area contributed by atoms with Gasteiger partial charge in [-0.2, -0.15) is 0 Å².